The zero-order chi connectivity index (χ0) is 20.1. The Balaban J connectivity index is 1.77. The van der Waals surface area contributed by atoms with Crippen LogP contribution in [0.2, 0.25) is 0 Å². The summed E-state index contributed by atoms with van der Waals surface area (Å²) in [5.41, 5.74) is 1.58. The molecular weight excluding hydrogens is 370 g/mol. The Bertz CT molecular complexity index is 842. The Morgan fingerprint density at radius 3 is 2.57 bits per heavy atom. The predicted molar refractivity (Wildman–Crippen MR) is 99.1 cm³/mol. The Hall–Kier alpha value is -3.16. The second-order valence-corrected chi connectivity index (χ2v) is 6.47. The molecule has 1 aliphatic heterocycles. The van der Waals surface area contributed by atoms with Crippen LogP contribution in [0.25, 0.3) is 0 Å². The smallest absolute Gasteiger partial charge is 0.387 e. The molecule has 6 nitrogen and oxygen atoms in total. The summed E-state index contributed by atoms with van der Waals surface area (Å²) in [6.45, 7) is -2.37. The van der Waals surface area contributed by atoms with Crippen LogP contribution in [0.3, 0.4) is 0 Å². The summed E-state index contributed by atoms with van der Waals surface area (Å²) in [6.07, 6.45) is 1.36. The maximum atomic E-state index is 13.0. The van der Waals surface area contributed by atoms with Gasteiger partial charge < -0.3 is 20.1 Å². The van der Waals surface area contributed by atoms with E-state index in [4.69, 9.17) is 5.11 Å². The quantitative estimate of drug-likeness (QED) is 0.744. The van der Waals surface area contributed by atoms with Gasteiger partial charge in [0, 0.05) is 18.3 Å². The molecule has 0 saturated carbocycles. The SMILES string of the molecule is O=C(O)CC1CCCN1C(=O)c1ccccc1Nc1ccc(OC(F)F)cc1. The number of carbonyl (C=O) groups is 2. The number of rotatable bonds is 7. The third-order valence-corrected chi connectivity index (χ3v) is 4.56. The Morgan fingerprint density at radius 2 is 1.89 bits per heavy atom. The molecule has 8 heteroatoms. The molecule has 1 saturated heterocycles. The second kappa shape index (κ2) is 8.69. The number of amides is 1. The summed E-state index contributed by atoms with van der Waals surface area (Å²) in [5.74, 6) is -1.12. The number of alkyl halides is 2. The number of aliphatic carboxylic acids is 1. The van der Waals surface area contributed by atoms with Crippen molar-refractivity contribution in [2.45, 2.75) is 31.9 Å². The Kier molecular flexibility index (Phi) is 6.08. The van der Waals surface area contributed by atoms with E-state index >= 15 is 0 Å². The molecule has 0 spiro atoms. The van der Waals surface area contributed by atoms with Gasteiger partial charge in [0.25, 0.3) is 5.91 Å². The fraction of sp³-hybridized carbons (Fsp3) is 0.300. The lowest BCUT2D eigenvalue weighted by Crippen LogP contribution is -2.37. The van der Waals surface area contributed by atoms with E-state index in [0.29, 0.717) is 29.9 Å². The maximum Gasteiger partial charge on any atom is 0.387 e. The number of likely N-dealkylation sites (tertiary alicyclic amines) is 1. The van der Waals surface area contributed by atoms with Crippen molar-refractivity contribution in [2.75, 3.05) is 11.9 Å². The predicted octanol–water partition coefficient (Wildman–Crippen LogP) is 4.11. The molecule has 1 fully saturated rings. The van der Waals surface area contributed by atoms with E-state index in [1.165, 1.54) is 12.1 Å². The van der Waals surface area contributed by atoms with Gasteiger partial charge in [-0.2, -0.15) is 8.78 Å². The van der Waals surface area contributed by atoms with Crippen LogP contribution in [0.5, 0.6) is 5.75 Å². The van der Waals surface area contributed by atoms with E-state index in [1.807, 2.05) is 0 Å². The summed E-state index contributed by atoms with van der Waals surface area (Å²) < 4.78 is 28.8. The molecule has 1 amide bonds. The molecule has 2 aromatic carbocycles. The number of halogens is 2. The van der Waals surface area contributed by atoms with Crippen molar-refractivity contribution >= 4 is 23.3 Å². The van der Waals surface area contributed by atoms with Gasteiger partial charge in [0.1, 0.15) is 5.75 Å². The molecule has 0 aliphatic carbocycles. The highest BCUT2D eigenvalue weighted by molar-refractivity contribution is 6.00. The highest BCUT2D eigenvalue weighted by atomic mass is 19.3. The third kappa shape index (κ3) is 4.76. The lowest BCUT2D eigenvalue weighted by Gasteiger charge is -2.25. The second-order valence-electron chi connectivity index (χ2n) is 6.47. The largest absolute Gasteiger partial charge is 0.481 e. The van der Waals surface area contributed by atoms with Crippen molar-refractivity contribution in [3.8, 4) is 5.75 Å². The number of anilines is 2. The minimum atomic E-state index is -2.89. The van der Waals surface area contributed by atoms with Gasteiger partial charge in [-0.1, -0.05) is 12.1 Å². The molecule has 1 aliphatic rings. The molecule has 3 rings (SSSR count). The van der Waals surface area contributed by atoms with Crippen molar-refractivity contribution in [1.82, 2.24) is 4.90 Å². The first-order valence-corrected chi connectivity index (χ1v) is 8.87. The van der Waals surface area contributed by atoms with Crippen LogP contribution in [0.1, 0.15) is 29.6 Å². The van der Waals surface area contributed by atoms with Crippen molar-refractivity contribution < 1.29 is 28.2 Å². The minimum Gasteiger partial charge on any atom is -0.481 e. The summed E-state index contributed by atoms with van der Waals surface area (Å²) in [4.78, 5) is 25.7. The summed E-state index contributed by atoms with van der Waals surface area (Å²) in [5, 5.41) is 12.2. The zero-order valence-corrected chi connectivity index (χ0v) is 15.0. The molecule has 2 aromatic rings. The van der Waals surface area contributed by atoms with E-state index in [1.54, 1.807) is 41.3 Å². The van der Waals surface area contributed by atoms with Gasteiger partial charge >= 0.3 is 12.6 Å². The number of carbonyl (C=O) groups excluding carboxylic acids is 1. The molecule has 28 heavy (non-hydrogen) atoms. The Morgan fingerprint density at radius 1 is 1.18 bits per heavy atom. The van der Waals surface area contributed by atoms with Crippen LogP contribution < -0.4 is 10.1 Å². The summed E-state index contributed by atoms with van der Waals surface area (Å²) in [7, 11) is 0. The van der Waals surface area contributed by atoms with Crippen LogP contribution in [-0.2, 0) is 4.79 Å². The normalized spacial score (nSPS) is 16.2. The molecule has 2 N–H and O–H groups in total. The number of hydrogen-bond donors (Lipinski definition) is 2. The topological polar surface area (TPSA) is 78.9 Å². The van der Waals surface area contributed by atoms with Gasteiger partial charge in [-0.15, -0.1) is 0 Å². The molecule has 1 unspecified atom stereocenters. The lowest BCUT2D eigenvalue weighted by atomic mass is 10.1. The average Bonchev–Trinajstić information content (AvgIpc) is 3.10. The Labute approximate surface area is 160 Å². The fourth-order valence-corrected chi connectivity index (χ4v) is 3.33. The minimum absolute atomic E-state index is 0.0403. The number of para-hydroxylation sites is 1. The van der Waals surface area contributed by atoms with Crippen LogP contribution >= 0.6 is 0 Å². The molecule has 0 radical (unpaired) electrons. The van der Waals surface area contributed by atoms with Gasteiger partial charge in [-0.05, 0) is 49.2 Å². The van der Waals surface area contributed by atoms with Gasteiger partial charge in [0.15, 0.2) is 0 Å². The first kappa shape index (κ1) is 19.6. The van der Waals surface area contributed by atoms with E-state index in [-0.39, 0.29) is 24.1 Å². The van der Waals surface area contributed by atoms with E-state index in [9.17, 15) is 18.4 Å². The van der Waals surface area contributed by atoms with Gasteiger partial charge in [0.05, 0.1) is 17.7 Å². The van der Waals surface area contributed by atoms with E-state index < -0.39 is 12.6 Å². The van der Waals surface area contributed by atoms with Crippen molar-refractivity contribution in [3.05, 3.63) is 54.1 Å². The molecule has 1 heterocycles. The molecular formula is C20H20F2N2O4. The number of ether oxygens (including phenoxy) is 1. The number of nitrogens with zero attached hydrogens (tertiary/aromatic N) is 1. The van der Waals surface area contributed by atoms with Crippen LogP contribution in [0.4, 0.5) is 20.2 Å². The number of carboxylic acid groups (broad SMARTS) is 1. The van der Waals surface area contributed by atoms with Crippen molar-refractivity contribution in [2.24, 2.45) is 0 Å². The summed E-state index contributed by atoms with van der Waals surface area (Å²) >= 11 is 0. The third-order valence-electron chi connectivity index (χ3n) is 4.56. The number of nitrogens with one attached hydrogen (secondary N) is 1. The molecule has 1 atom stereocenters. The lowest BCUT2D eigenvalue weighted by molar-refractivity contribution is -0.137. The van der Waals surface area contributed by atoms with Gasteiger partial charge in [-0.3, -0.25) is 9.59 Å². The summed E-state index contributed by atoms with van der Waals surface area (Å²) in [6, 6.07) is 12.6. The zero-order valence-electron chi connectivity index (χ0n) is 15.0. The van der Waals surface area contributed by atoms with Crippen LogP contribution in [0.15, 0.2) is 48.5 Å². The average molecular weight is 390 g/mol. The maximum absolute atomic E-state index is 13.0. The highest BCUT2D eigenvalue weighted by Gasteiger charge is 2.31. The van der Waals surface area contributed by atoms with E-state index in [0.717, 1.165) is 6.42 Å². The molecule has 148 valence electrons. The fourth-order valence-electron chi connectivity index (χ4n) is 3.33. The number of benzene rings is 2. The molecule has 0 bridgehead atoms. The van der Waals surface area contributed by atoms with Crippen LogP contribution in [-0.4, -0.2) is 41.1 Å². The number of hydrogen-bond acceptors (Lipinski definition) is 4. The first-order chi connectivity index (χ1) is 13.4. The first-order valence-electron chi connectivity index (χ1n) is 8.87. The van der Waals surface area contributed by atoms with Crippen molar-refractivity contribution in [3.63, 3.8) is 0 Å². The number of carboxylic acids is 1. The van der Waals surface area contributed by atoms with E-state index in [2.05, 4.69) is 10.1 Å². The van der Waals surface area contributed by atoms with Gasteiger partial charge in [-0.25, -0.2) is 0 Å². The van der Waals surface area contributed by atoms with Gasteiger partial charge in [0.2, 0.25) is 0 Å². The van der Waals surface area contributed by atoms with Crippen molar-refractivity contribution in [1.29, 1.82) is 0 Å². The highest BCUT2D eigenvalue weighted by Crippen LogP contribution is 2.28. The molecule has 0 aromatic heterocycles. The standard InChI is InChI=1S/C20H20F2N2O4/c21-20(22)28-15-9-7-13(8-10-15)23-17-6-2-1-5-16(17)19(27)24-11-3-4-14(24)12-18(25)26/h1-2,5-10,14,20,23H,3-4,11-12H2,(H,25,26). The van der Waals surface area contributed by atoms with Crippen LogP contribution in [0, 0.1) is 0 Å². The monoisotopic (exact) mass is 390 g/mol.